The van der Waals surface area contributed by atoms with Crippen LogP contribution in [-0.2, 0) is 11.2 Å². The Hall–Kier alpha value is -1.39. The van der Waals surface area contributed by atoms with Crippen LogP contribution in [0.1, 0.15) is 31.7 Å². The molecule has 1 unspecified atom stereocenters. The van der Waals surface area contributed by atoms with Crippen molar-refractivity contribution in [1.29, 1.82) is 0 Å². The van der Waals surface area contributed by atoms with E-state index in [1.807, 2.05) is 30.3 Å². The normalized spacial score (nSPS) is 19.0. The number of likely N-dealkylation sites (tertiary alicyclic amines) is 1. The fourth-order valence-electron chi connectivity index (χ4n) is 2.89. The molecule has 1 amide bonds. The molecule has 1 aromatic rings. The summed E-state index contributed by atoms with van der Waals surface area (Å²) in [6.45, 7) is 5.28. The number of carbonyl (C=O) groups is 1. The third-order valence-electron chi connectivity index (χ3n) is 4.00. The van der Waals surface area contributed by atoms with E-state index >= 15 is 0 Å². The van der Waals surface area contributed by atoms with Gasteiger partial charge in [-0.1, -0.05) is 36.8 Å². The van der Waals surface area contributed by atoms with Crippen molar-refractivity contribution in [3.05, 3.63) is 35.9 Å². The Balaban J connectivity index is 1.74. The minimum atomic E-state index is -0.476. The molecule has 4 nitrogen and oxygen atoms in total. The summed E-state index contributed by atoms with van der Waals surface area (Å²) in [6, 6.07) is 9.59. The van der Waals surface area contributed by atoms with Crippen LogP contribution >= 0.6 is 0 Å². The molecule has 0 spiro atoms. The largest absolute Gasteiger partial charge is 0.351 e. The summed E-state index contributed by atoms with van der Waals surface area (Å²) in [5, 5.41) is 3.04. The topological polar surface area (TPSA) is 58.4 Å². The molecule has 0 aromatic heterocycles. The van der Waals surface area contributed by atoms with Crippen LogP contribution in [0.5, 0.6) is 0 Å². The minimum absolute atomic E-state index is 0.0524. The molecule has 1 aromatic carbocycles. The second-order valence-corrected chi connectivity index (χ2v) is 6.07. The molecule has 3 N–H and O–H groups in total. The summed E-state index contributed by atoms with van der Waals surface area (Å²) in [7, 11) is 0. The highest BCUT2D eigenvalue weighted by atomic mass is 16.2. The van der Waals surface area contributed by atoms with Crippen molar-refractivity contribution in [2.75, 3.05) is 19.6 Å². The number of piperidine rings is 1. The molecule has 116 valence electrons. The summed E-state index contributed by atoms with van der Waals surface area (Å²) in [6.07, 6.45) is 4.46. The zero-order chi connectivity index (χ0) is 15.1. The fraction of sp³-hybridized carbons (Fsp3) is 0.588. The van der Waals surface area contributed by atoms with E-state index in [1.165, 1.54) is 19.3 Å². The van der Waals surface area contributed by atoms with E-state index in [-0.39, 0.29) is 11.9 Å². The molecule has 1 aliphatic heterocycles. The van der Waals surface area contributed by atoms with Crippen molar-refractivity contribution in [3.63, 3.8) is 0 Å². The molecule has 0 bridgehead atoms. The van der Waals surface area contributed by atoms with Gasteiger partial charge in [-0.25, -0.2) is 0 Å². The Bertz CT molecular complexity index is 429. The van der Waals surface area contributed by atoms with Crippen LogP contribution < -0.4 is 11.1 Å². The molecule has 1 saturated heterocycles. The molecule has 0 aliphatic carbocycles. The van der Waals surface area contributed by atoms with Gasteiger partial charge in [-0.15, -0.1) is 0 Å². The van der Waals surface area contributed by atoms with Gasteiger partial charge in [0, 0.05) is 12.6 Å². The van der Waals surface area contributed by atoms with Crippen LogP contribution in [0.4, 0.5) is 0 Å². The van der Waals surface area contributed by atoms with E-state index in [0.29, 0.717) is 6.42 Å². The summed E-state index contributed by atoms with van der Waals surface area (Å²) < 4.78 is 0. The summed E-state index contributed by atoms with van der Waals surface area (Å²) in [4.78, 5) is 14.6. The second kappa shape index (κ2) is 8.15. The number of hydrogen-bond acceptors (Lipinski definition) is 3. The number of nitrogens with one attached hydrogen (secondary N) is 1. The summed E-state index contributed by atoms with van der Waals surface area (Å²) >= 11 is 0. The SMILES string of the molecule is CC(CN1CCCCC1)NC(=O)[C@H](N)Cc1ccccc1. The number of benzene rings is 1. The van der Waals surface area contributed by atoms with Crippen molar-refractivity contribution >= 4 is 5.91 Å². The summed E-state index contributed by atoms with van der Waals surface area (Å²) in [5.41, 5.74) is 7.11. The molecule has 1 heterocycles. The van der Waals surface area contributed by atoms with Gasteiger partial charge in [0.2, 0.25) is 5.91 Å². The Labute approximate surface area is 127 Å². The predicted octanol–water partition coefficient (Wildman–Crippen LogP) is 1.55. The monoisotopic (exact) mass is 289 g/mol. The molecule has 0 saturated carbocycles. The Morgan fingerprint density at radius 2 is 1.90 bits per heavy atom. The molecule has 2 atom stereocenters. The van der Waals surface area contributed by atoms with E-state index in [1.54, 1.807) is 0 Å². The zero-order valence-electron chi connectivity index (χ0n) is 12.9. The molecule has 4 heteroatoms. The van der Waals surface area contributed by atoms with E-state index in [0.717, 1.165) is 25.2 Å². The lowest BCUT2D eigenvalue weighted by Crippen LogP contribution is -2.49. The van der Waals surface area contributed by atoms with Crippen molar-refractivity contribution in [1.82, 2.24) is 10.2 Å². The lowest BCUT2D eigenvalue weighted by Gasteiger charge is -2.29. The molecular formula is C17H27N3O. The highest BCUT2D eigenvalue weighted by Gasteiger charge is 2.18. The van der Waals surface area contributed by atoms with E-state index in [4.69, 9.17) is 5.73 Å². The average Bonchev–Trinajstić information content (AvgIpc) is 2.49. The Morgan fingerprint density at radius 3 is 2.57 bits per heavy atom. The van der Waals surface area contributed by atoms with E-state index in [2.05, 4.69) is 17.1 Å². The second-order valence-electron chi connectivity index (χ2n) is 6.07. The number of amides is 1. The third-order valence-corrected chi connectivity index (χ3v) is 4.00. The first-order chi connectivity index (χ1) is 10.1. The third kappa shape index (κ3) is 5.48. The molecule has 0 radical (unpaired) electrons. The van der Waals surface area contributed by atoms with Gasteiger partial charge in [-0.2, -0.15) is 0 Å². The van der Waals surface area contributed by atoms with E-state index < -0.39 is 6.04 Å². The van der Waals surface area contributed by atoms with Gasteiger partial charge in [-0.3, -0.25) is 4.79 Å². The van der Waals surface area contributed by atoms with Gasteiger partial charge < -0.3 is 16.0 Å². The van der Waals surface area contributed by atoms with Crippen LogP contribution in [-0.4, -0.2) is 42.5 Å². The Kier molecular flexibility index (Phi) is 6.21. The van der Waals surface area contributed by atoms with Gasteiger partial charge in [0.15, 0.2) is 0 Å². The van der Waals surface area contributed by atoms with Gasteiger partial charge in [-0.05, 0) is 44.8 Å². The highest BCUT2D eigenvalue weighted by Crippen LogP contribution is 2.09. The number of rotatable bonds is 6. The predicted molar refractivity (Wildman–Crippen MR) is 86.0 cm³/mol. The summed E-state index contributed by atoms with van der Waals surface area (Å²) in [5.74, 6) is -0.0524. The number of carbonyl (C=O) groups excluding carboxylic acids is 1. The smallest absolute Gasteiger partial charge is 0.237 e. The maximum absolute atomic E-state index is 12.1. The van der Waals surface area contributed by atoms with Crippen LogP contribution in [0.3, 0.4) is 0 Å². The van der Waals surface area contributed by atoms with Crippen LogP contribution in [0, 0.1) is 0 Å². The van der Waals surface area contributed by atoms with E-state index in [9.17, 15) is 4.79 Å². The highest BCUT2D eigenvalue weighted by molar-refractivity contribution is 5.82. The first kappa shape index (κ1) is 16.0. The number of hydrogen-bond donors (Lipinski definition) is 2. The van der Waals surface area contributed by atoms with Gasteiger partial charge in [0.1, 0.15) is 0 Å². The van der Waals surface area contributed by atoms with Crippen LogP contribution in [0.2, 0.25) is 0 Å². The van der Waals surface area contributed by atoms with Gasteiger partial charge >= 0.3 is 0 Å². The zero-order valence-corrected chi connectivity index (χ0v) is 12.9. The number of nitrogens with zero attached hydrogens (tertiary/aromatic N) is 1. The maximum atomic E-state index is 12.1. The van der Waals surface area contributed by atoms with Crippen molar-refractivity contribution < 1.29 is 4.79 Å². The molecule has 1 aliphatic rings. The quantitative estimate of drug-likeness (QED) is 0.835. The standard InChI is InChI=1S/C17H27N3O/c1-14(13-20-10-6-3-7-11-20)19-17(21)16(18)12-15-8-4-2-5-9-15/h2,4-5,8-9,14,16H,3,6-7,10-13,18H2,1H3,(H,19,21)/t14?,16-/m1/s1. The first-order valence-corrected chi connectivity index (χ1v) is 7.97. The molecule has 1 fully saturated rings. The van der Waals surface area contributed by atoms with Crippen LogP contribution in [0.25, 0.3) is 0 Å². The maximum Gasteiger partial charge on any atom is 0.237 e. The lowest BCUT2D eigenvalue weighted by atomic mass is 10.1. The number of nitrogens with two attached hydrogens (primary N) is 1. The lowest BCUT2D eigenvalue weighted by molar-refractivity contribution is -0.123. The molecular weight excluding hydrogens is 262 g/mol. The average molecular weight is 289 g/mol. The van der Waals surface area contributed by atoms with Gasteiger partial charge in [0.25, 0.3) is 0 Å². The minimum Gasteiger partial charge on any atom is -0.351 e. The fourth-order valence-corrected chi connectivity index (χ4v) is 2.89. The molecule has 21 heavy (non-hydrogen) atoms. The molecule has 2 rings (SSSR count). The van der Waals surface area contributed by atoms with Crippen molar-refractivity contribution in [2.45, 2.75) is 44.7 Å². The van der Waals surface area contributed by atoms with Crippen LogP contribution in [0.15, 0.2) is 30.3 Å². The van der Waals surface area contributed by atoms with Crippen molar-refractivity contribution in [3.8, 4) is 0 Å². The van der Waals surface area contributed by atoms with Crippen molar-refractivity contribution in [2.24, 2.45) is 5.73 Å². The van der Waals surface area contributed by atoms with Gasteiger partial charge in [0.05, 0.1) is 6.04 Å². The first-order valence-electron chi connectivity index (χ1n) is 7.97. The Morgan fingerprint density at radius 1 is 1.24 bits per heavy atom.